The van der Waals surface area contributed by atoms with Crippen molar-refractivity contribution in [2.24, 2.45) is 21.9 Å². The van der Waals surface area contributed by atoms with E-state index in [1.165, 1.54) is 0 Å². The number of ether oxygens (including phenoxy) is 1. The van der Waals surface area contributed by atoms with Gasteiger partial charge >= 0.3 is 0 Å². The summed E-state index contributed by atoms with van der Waals surface area (Å²) in [7, 11) is 0. The fourth-order valence-electron chi connectivity index (χ4n) is 2.70. The highest BCUT2D eigenvalue weighted by Crippen LogP contribution is 2.50. The Morgan fingerprint density at radius 1 is 1.33 bits per heavy atom. The van der Waals surface area contributed by atoms with E-state index in [1.54, 1.807) is 0 Å². The molecule has 0 aromatic carbocycles. The molecule has 0 aromatic heterocycles. The van der Waals surface area contributed by atoms with Crippen molar-refractivity contribution in [2.75, 3.05) is 6.61 Å². The summed E-state index contributed by atoms with van der Waals surface area (Å²) in [5.41, 5.74) is 11.0. The van der Waals surface area contributed by atoms with Crippen LogP contribution in [0.3, 0.4) is 0 Å². The Labute approximate surface area is 92.1 Å². The van der Waals surface area contributed by atoms with Gasteiger partial charge in [-0.05, 0) is 26.2 Å². The molecule has 1 aliphatic rings. The van der Waals surface area contributed by atoms with E-state index in [-0.39, 0.29) is 17.4 Å². The molecule has 2 atom stereocenters. The zero-order valence-electron chi connectivity index (χ0n) is 9.99. The number of hydrogen-bond donors (Lipinski definition) is 2. The molecule has 0 bridgehead atoms. The van der Waals surface area contributed by atoms with Crippen molar-refractivity contribution in [3.05, 3.63) is 0 Å². The van der Waals surface area contributed by atoms with Crippen molar-refractivity contribution in [3.63, 3.8) is 0 Å². The highest BCUT2D eigenvalue weighted by molar-refractivity contribution is 5.76. The summed E-state index contributed by atoms with van der Waals surface area (Å²) >= 11 is 0. The van der Waals surface area contributed by atoms with Crippen LogP contribution in [0.4, 0.5) is 0 Å². The van der Waals surface area contributed by atoms with Gasteiger partial charge in [0.1, 0.15) is 0 Å². The van der Waals surface area contributed by atoms with Gasteiger partial charge in [-0.15, -0.1) is 0 Å². The summed E-state index contributed by atoms with van der Waals surface area (Å²) in [6, 6.07) is 0.244. The molecular formula is C11H23N3O. The minimum atomic E-state index is 0.153. The topological polar surface area (TPSA) is 73.6 Å². The van der Waals surface area contributed by atoms with Crippen LogP contribution in [0.5, 0.6) is 0 Å². The maximum absolute atomic E-state index is 5.74. The molecule has 0 radical (unpaired) electrons. The zero-order chi connectivity index (χ0) is 11.5. The number of aliphatic imine (C=N–C) groups is 1. The first-order valence-corrected chi connectivity index (χ1v) is 5.81. The molecule has 1 aliphatic carbocycles. The molecule has 0 saturated heterocycles. The Balaban J connectivity index is 2.75. The van der Waals surface area contributed by atoms with Crippen LogP contribution in [-0.2, 0) is 4.74 Å². The molecule has 0 aromatic rings. The second-order valence-electron chi connectivity index (χ2n) is 4.19. The van der Waals surface area contributed by atoms with Crippen LogP contribution in [-0.4, -0.2) is 24.7 Å². The van der Waals surface area contributed by atoms with E-state index in [0.29, 0.717) is 6.10 Å². The smallest absolute Gasteiger partial charge is 0.186 e. The average Bonchev–Trinajstić information content (AvgIpc) is 2.18. The summed E-state index contributed by atoms with van der Waals surface area (Å²) in [5, 5.41) is 0. The third kappa shape index (κ3) is 2.09. The van der Waals surface area contributed by atoms with Gasteiger partial charge in [0, 0.05) is 12.0 Å². The molecule has 0 aliphatic heterocycles. The van der Waals surface area contributed by atoms with E-state index in [4.69, 9.17) is 16.2 Å². The third-order valence-electron chi connectivity index (χ3n) is 3.73. The standard InChI is InChI=1S/C11H23N3O/c1-4-11(5-2)8(14-10(12)13)7-9(11)15-6-3/h8-9H,4-7H2,1-3H3,(H4,12,13,14). The van der Waals surface area contributed by atoms with E-state index >= 15 is 0 Å². The number of nitrogens with zero attached hydrogens (tertiary/aromatic N) is 1. The molecule has 0 amide bonds. The lowest BCUT2D eigenvalue weighted by molar-refractivity contribution is -0.126. The van der Waals surface area contributed by atoms with Crippen LogP contribution in [0, 0.1) is 5.41 Å². The summed E-state index contributed by atoms with van der Waals surface area (Å²) < 4.78 is 5.74. The van der Waals surface area contributed by atoms with Crippen LogP contribution in [0.15, 0.2) is 4.99 Å². The quantitative estimate of drug-likeness (QED) is 0.533. The van der Waals surface area contributed by atoms with E-state index in [1.807, 2.05) is 6.92 Å². The molecule has 88 valence electrons. The fraction of sp³-hybridized carbons (Fsp3) is 0.909. The van der Waals surface area contributed by atoms with Gasteiger partial charge in [0.15, 0.2) is 5.96 Å². The lowest BCUT2D eigenvalue weighted by atomic mass is 9.59. The van der Waals surface area contributed by atoms with Gasteiger partial charge in [-0.2, -0.15) is 0 Å². The number of nitrogens with two attached hydrogens (primary N) is 2. The summed E-state index contributed by atoms with van der Waals surface area (Å²) in [5.74, 6) is 0.196. The minimum Gasteiger partial charge on any atom is -0.378 e. The predicted octanol–water partition coefficient (Wildman–Crippen LogP) is 1.24. The van der Waals surface area contributed by atoms with Gasteiger partial charge in [-0.1, -0.05) is 13.8 Å². The van der Waals surface area contributed by atoms with Gasteiger partial charge in [0.05, 0.1) is 12.1 Å². The second kappa shape index (κ2) is 4.84. The number of hydrogen-bond acceptors (Lipinski definition) is 2. The number of rotatable bonds is 5. The molecule has 4 nitrogen and oxygen atoms in total. The summed E-state index contributed by atoms with van der Waals surface area (Å²) in [6.45, 7) is 7.17. The lowest BCUT2D eigenvalue weighted by Crippen LogP contribution is -2.57. The Kier molecular flexibility index (Phi) is 3.97. The van der Waals surface area contributed by atoms with Crippen LogP contribution < -0.4 is 11.5 Å². The van der Waals surface area contributed by atoms with Gasteiger partial charge in [-0.25, -0.2) is 4.99 Å². The second-order valence-corrected chi connectivity index (χ2v) is 4.19. The molecule has 15 heavy (non-hydrogen) atoms. The fourth-order valence-corrected chi connectivity index (χ4v) is 2.70. The first-order valence-electron chi connectivity index (χ1n) is 5.81. The molecular weight excluding hydrogens is 190 g/mol. The van der Waals surface area contributed by atoms with E-state index in [0.717, 1.165) is 25.9 Å². The van der Waals surface area contributed by atoms with Crippen molar-refractivity contribution in [3.8, 4) is 0 Å². The molecule has 2 unspecified atom stereocenters. The van der Waals surface area contributed by atoms with Crippen molar-refractivity contribution in [1.82, 2.24) is 0 Å². The Morgan fingerprint density at radius 2 is 1.93 bits per heavy atom. The summed E-state index contributed by atoms with van der Waals surface area (Å²) in [4.78, 5) is 4.30. The molecule has 4 heteroatoms. The lowest BCUT2D eigenvalue weighted by Gasteiger charge is -2.53. The summed E-state index contributed by atoms with van der Waals surface area (Å²) in [6.07, 6.45) is 3.41. The van der Waals surface area contributed by atoms with Crippen LogP contribution in [0.25, 0.3) is 0 Å². The monoisotopic (exact) mass is 213 g/mol. The average molecular weight is 213 g/mol. The third-order valence-corrected chi connectivity index (χ3v) is 3.73. The van der Waals surface area contributed by atoms with E-state index in [2.05, 4.69) is 18.8 Å². The number of guanidine groups is 1. The highest BCUT2D eigenvalue weighted by atomic mass is 16.5. The first-order chi connectivity index (χ1) is 7.10. The highest BCUT2D eigenvalue weighted by Gasteiger charge is 2.53. The SMILES string of the molecule is CCOC1CC(N=C(N)N)C1(CC)CC. The van der Waals surface area contributed by atoms with E-state index in [9.17, 15) is 0 Å². The van der Waals surface area contributed by atoms with Crippen LogP contribution in [0.1, 0.15) is 40.0 Å². The van der Waals surface area contributed by atoms with Crippen LogP contribution >= 0.6 is 0 Å². The maximum Gasteiger partial charge on any atom is 0.186 e. The first kappa shape index (κ1) is 12.3. The maximum atomic E-state index is 5.74. The molecule has 1 fully saturated rings. The van der Waals surface area contributed by atoms with Gasteiger partial charge in [0.2, 0.25) is 0 Å². The van der Waals surface area contributed by atoms with Gasteiger partial charge < -0.3 is 16.2 Å². The zero-order valence-corrected chi connectivity index (χ0v) is 9.99. The largest absolute Gasteiger partial charge is 0.378 e. The molecule has 0 heterocycles. The Hall–Kier alpha value is -0.770. The molecule has 4 N–H and O–H groups in total. The Morgan fingerprint density at radius 3 is 2.33 bits per heavy atom. The van der Waals surface area contributed by atoms with Crippen molar-refractivity contribution in [2.45, 2.75) is 52.2 Å². The molecule has 1 rings (SSSR count). The Bertz CT molecular complexity index is 232. The van der Waals surface area contributed by atoms with Gasteiger partial charge in [-0.3, -0.25) is 0 Å². The minimum absolute atomic E-state index is 0.153. The molecule has 1 saturated carbocycles. The van der Waals surface area contributed by atoms with E-state index < -0.39 is 0 Å². The van der Waals surface area contributed by atoms with Gasteiger partial charge in [0.25, 0.3) is 0 Å². The van der Waals surface area contributed by atoms with Crippen LogP contribution in [0.2, 0.25) is 0 Å². The molecule has 0 spiro atoms. The van der Waals surface area contributed by atoms with Crippen molar-refractivity contribution >= 4 is 5.96 Å². The van der Waals surface area contributed by atoms with Crippen molar-refractivity contribution < 1.29 is 4.74 Å². The van der Waals surface area contributed by atoms with Crippen molar-refractivity contribution in [1.29, 1.82) is 0 Å². The normalized spacial score (nSPS) is 28.2. The predicted molar refractivity (Wildman–Crippen MR) is 62.6 cm³/mol.